The van der Waals surface area contributed by atoms with Gasteiger partial charge >= 0.3 is 0 Å². The summed E-state index contributed by atoms with van der Waals surface area (Å²) in [7, 11) is 0. The molecule has 2 rings (SSSR count). The van der Waals surface area contributed by atoms with Crippen molar-refractivity contribution in [2.24, 2.45) is 0 Å². The van der Waals surface area contributed by atoms with E-state index in [1.807, 2.05) is 25.4 Å². The van der Waals surface area contributed by atoms with E-state index in [1.165, 1.54) is 0 Å². The Labute approximate surface area is 101 Å². The fourth-order valence-corrected chi connectivity index (χ4v) is 1.69. The molecule has 0 saturated carbocycles. The molecule has 88 valence electrons. The number of nitrogens with zero attached hydrogens (tertiary/aromatic N) is 3. The van der Waals surface area contributed by atoms with Gasteiger partial charge in [-0.2, -0.15) is 5.10 Å². The second-order valence-electron chi connectivity index (χ2n) is 4.06. The van der Waals surface area contributed by atoms with Crippen molar-refractivity contribution in [3.8, 4) is 12.3 Å². The minimum atomic E-state index is 0.116. The number of nitrogens with one attached hydrogen (secondary N) is 1. The molecule has 2 aromatic heterocycles. The van der Waals surface area contributed by atoms with E-state index in [-0.39, 0.29) is 6.04 Å². The number of terminal acetylenes is 1. The third-order valence-electron chi connectivity index (χ3n) is 2.65. The highest BCUT2D eigenvalue weighted by molar-refractivity contribution is 5.38. The fourth-order valence-electron chi connectivity index (χ4n) is 1.69. The Bertz CT molecular complexity index is 550. The zero-order chi connectivity index (χ0) is 12.3. The lowest BCUT2D eigenvalue weighted by atomic mass is 10.2. The summed E-state index contributed by atoms with van der Waals surface area (Å²) in [6.07, 6.45) is 10.2. The molecule has 17 heavy (non-hydrogen) atoms. The first kappa shape index (κ1) is 11.6. The predicted octanol–water partition coefficient (Wildman–Crippen LogP) is 1.54. The zero-order valence-corrected chi connectivity index (χ0v) is 10.1. The van der Waals surface area contributed by atoms with Crippen molar-refractivity contribution in [2.45, 2.75) is 32.9 Å². The number of fused-ring (bicyclic) bond motifs is 1. The molecule has 1 N–H and O–H groups in total. The van der Waals surface area contributed by atoms with Crippen LogP contribution in [0.5, 0.6) is 0 Å². The van der Waals surface area contributed by atoms with E-state index in [0.29, 0.717) is 6.54 Å². The van der Waals surface area contributed by atoms with Gasteiger partial charge in [0, 0.05) is 30.6 Å². The molecule has 0 aliphatic heterocycles. The summed E-state index contributed by atoms with van der Waals surface area (Å²) in [5, 5.41) is 7.62. The van der Waals surface area contributed by atoms with Gasteiger partial charge in [-0.3, -0.25) is 5.32 Å². The molecule has 1 unspecified atom stereocenters. The molecule has 0 aliphatic carbocycles. The third-order valence-corrected chi connectivity index (χ3v) is 2.65. The molecule has 4 heteroatoms. The normalized spacial score (nSPS) is 12.5. The van der Waals surface area contributed by atoms with E-state index >= 15 is 0 Å². The quantitative estimate of drug-likeness (QED) is 0.807. The van der Waals surface area contributed by atoms with Gasteiger partial charge in [0.05, 0.1) is 11.7 Å². The minimum absolute atomic E-state index is 0.116. The number of rotatable bonds is 4. The molecule has 0 aliphatic rings. The average Bonchev–Trinajstić information content (AvgIpc) is 2.69. The minimum Gasteiger partial charge on any atom is -0.299 e. The standard InChI is InChI=1S/C13H16N4/c1-4-12(5-2)14-7-11-8-15-13-6-10(3)16-17(13)9-11/h1,6,8-9,12,14H,5,7H2,2-3H3. The van der Waals surface area contributed by atoms with E-state index in [0.717, 1.165) is 23.3 Å². The van der Waals surface area contributed by atoms with Crippen LogP contribution in [-0.4, -0.2) is 20.6 Å². The largest absolute Gasteiger partial charge is 0.299 e. The number of hydrogen-bond donors (Lipinski definition) is 1. The second kappa shape index (κ2) is 4.98. The molecular weight excluding hydrogens is 212 g/mol. The highest BCUT2D eigenvalue weighted by Gasteiger charge is 2.03. The van der Waals surface area contributed by atoms with Crippen molar-refractivity contribution in [2.75, 3.05) is 0 Å². The molecule has 2 aromatic rings. The van der Waals surface area contributed by atoms with Gasteiger partial charge in [-0.15, -0.1) is 6.42 Å². The van der Waals surface area contributed by atoms with Crippen LogP contribution in [0.2, 0.25) is 0 Å². The Balaban J connectivity index is 2.11. The molecule has 4 nitrogen and oxygen atoms in total. The van der Waals surface area contributed by atoms with Gasteiger partial charge in [-0.05, 0) is 13.3 Å². The SMILES string of the molecule is C#CC(CC)NCc1cnc2cc(C)nn2c1. The molecule has 0 radical (unpaired) electrons. The topological polar surface area (TPSA) is 42.2 Å². The maximum absolute atomic E-state index is 5.40. The van der Waals surface area contributed by atoms with Gasteiger partial charge in [0.25, 0.3) is 0 Å². The van der Waals surface area contributed by atoms with Gasteiger partial charge in [0.2, 0.25) is 0 Å². The number of aromatic nitrogens is 3. The first-order valence-corrected chi connectivity index (χ1v) is 5.73. The summed E-state index contributed by atoms with van der Waals surface area (Å²) >= 11 is 0. The van der Waals surface area contributed by atoms with Crippen molar-refractivity contribution < 1.29 is 0 Å². The highest BCUT2D eigenvalue weighted by atomic mass is 15.2. The molecule has 0 amide bonds. The van der Waals surface area contributed by atoms with Gasteiger partial charge in [0.15, 0.2) is 5.65 Å². The van der Waals surface area contributed by atoms with E-state index in [2.05, 4.69) is 28.2 Å². The van der Waals surface area contributed by atoms with Crippen LogP contribution in [0.1, 0.15) is 24.6 Å². The number of aryl methyl sites for hydroxylation is 1. The lowest BCUT2D eigenvalue weighted by molar-refractivity contribution is 0.589. The van der Waals surface area contributed by atoms with Gasteiger partial charge in [0.1, 0.15) is 0 Å². The molecular formula is C13H16N4. The average molecular weight is 228 g/mol. The van der Waals surface area contributed by atoms with Crippen LogP contribution in [0, 0.1) is 19.3 Å². The van der Waals surface area contributed by atoms with Crippen LogP contribution >= 0.6 is 0 Å². The van der Waals surface area contributed by atoms with Gasteiger partial charge in [-0.1, -0.05) is 12.8 Å². The maximum Gasteiger partial charge on any atom is 0.155 e. The Morgan fingerprint density at radius 3 is 3.12 bits per heavy atom. The molecule has 0 spiro atoms. The summed E-state index contributed by atoms with van der Waals surface area (Å²) < 4.78 is 1.79. The zero-order valence-electron chi connectivity index (χ0n) is 10.1. The van der Waals surface area contributed by atoms with E-state index in [9.17, 15) is 0 Å². The van der Waals surface area contributed by atoms with Crippen LogP contribution in [0.15, 0.2) is 18.5 Å². The number of hydrogen-bond acceptors (Lipinski definition) is 3. The van der Waals surface area contributed by atoms with Crippen LogP contribution in [0.4, 0.5) is 0 Å². The van der Waals surface area contributed by atoms with Crippen LogP contribution < -0.4 is 5.32 Å². The Kier molecular flexibility index (Phi) is 3.40. The summed E-state index contributed by atoms with van der Waals surface area (Å²) in [6.45, 7) is 4.73. The van der Waals surface area contributed by atoms with Crippen molar-refractivity contribution >= 4 is 5.65 Å². The van der Waals surface area contributed by atoms with Crippen LogP contribution in [0.25, 0.3) is 5.65 Å². The second-order valence-corrected chi connectivity index (χ2v) is 4.06. The molecule has 0 aromatic carbocycles. The smallest absolute Gasteiger partial charge is 0.155 e. The van der Waals surface area contributed by atoms with Crippen molar-refractivity contribution in [3.05, 3.63) is 29.7 Å². The van der Waals surface area contributed by atoms with Crippen LogP contribution in [0.3, 0.4) is 0 Å². The van der Waals surface area contributed by atoms with Crippen LogP contribution in [-0.2, 0) is 6.54 Å². The molecule has 0 bridgehead atoms. The lowest BCUT2D eigenvalue weighted by Crippen LogP contribution is -2.26. The van der Waals surface area contributed by atoms with E-state index < -0.39 is 0 Å². The Morgan fingerprint density at radius 1 is 1.59 bits per heavy atom. The fraction of sp³-hybridized carbons (Fsp3) is 0.385. The van der Waals surface area contributed by atoms with E-state index in [1.54, 1.807) is 4.52 Å². The molecule has 1 atom stereocenters. The summed E-state index contributed by atoms with van der Waals surface area (Å²) in [5.41, 5.74) is 2.92. The lowest BCUT2D eigenvalue weighted by Gasteiger charge is -2.10. The Morgan fingerprint density at radius 2 is 2.41 bits per heavy atom. The van der Waals surface area contributed by atoms with Crippen molar-refractivity contribution in [1.82, 2.24) is 19.9 Å². The Hall–Kier alpha value is -1.86. The summed E-state index contributed by atoms with van der Waals surface area (Å²) in [4.78, 5) is 4.34. The van der Waals surface area contributed by atoms with Crippen molar-refractivity contribution in [1.29, 1.82) is 0 Å². The monoisotopic (exact) mass is 228 g/mol. The predicted molar refractivity (Wildman–Crippen MR) is 67.5 cm³/mol. The molecule has 0 fully saturated rings. The maximum atomic E-state index is 5.40. The van der Waals surface area contributed by atoms with Gasteiger partial charge in [-0.25, -0.2) is 9.50 Å². The molecule has 0 saturated heterocycles. The van der Waals surface area contributed by atoms with Crippen molar-refractivity contribution in [3.63, 3.8) is 0 Å². The van der Waals surface area contributed by atoms with Gasteiger partial charge < -0.3 is 0 Å². The molecule has 2 heterocycles. The first-order chi connectivity index (χ1) is 8.22. The summed E-state index contributed by atoms with van der Waals surface area (Å²) in [5.74, 6) is 2.71. The summed E-state index contributed by atoms with van der Waals surface area (Å²) in [6, 6.07) is 2.07. The van der Waals surface area contributed by atoms with E-state index in [4.69, 9.17) is 6.42 Å². The first-order valence-electron chi connectivity index (χ1n) is 5.73. The highest BCUT2D eigenvalue weighted by Crippen LogP contribution is 2.05. The third kappa shape index (κ3) is 2.63.